The molecule has 1 aliphatic carbocycles. The lowest BCUT2D eigenvalue weighted by atomic mass is 9.88. The monoisotopic (exact) mass is 300 g/mol. The van der Waals surface area contributed by atoms with E-state index in [1.807, 2.05) is 31.2 Å². The van der Waals surface area contributed by atoms with E-state index >= 15 is 0 Å². The summed E-state index contributed by atoms with van der Waals surface area (Å²) < 4.78 is 12.2. The van der Waals surface area contributed by atoms with Crippen molar-refractivity contribution in [2.24, 2.45) is 0 Å². The van der Waals surface area contributed by atoms with Gasteiger partial charge in [0.05, 0.1) is 18.8 Å². The molecule has 0 amide bonds. The van der Waals surface area contributed by atoms with Crippen molar-refractivity contribution >= 4 is 15.9 Å². The molecule has 1 saturated carbocycles. The summed E-state index contributed by atoms with van der Waals surface area (Å²) in [6.07, 6.45) is 0.150. The highest BCUT2D eigenvalue weighted by Crippen LogP contribution is 2.28. The van der Waals surface area contributed by atoms with Crippen molar-refractivity contribution in [3.05, 3.63) is 34.3 Å². The molecular formula is C13H17BrO3. The van der Waals surface area contributed by atoms with Crippen LogP contribution in [-0.2, 0) is 16.1 Å². The van der Waals surface area contributed by atoms with Crippen LogP contribution in [0.3, 0.4) is 0 Å². The Morgan fingerprint density at radius 3 is 2.88 bits per heavy atom. The fraction of sp³-hybridized carbons (Fsp3) is 0.538. The molecule has 1 N–H and O–H groups in total. The quantitative estimate of drug-likeness (QED) is 0.908. The van der Waals surface area contributed by atoms with Crippen LogP contribution in [0.5, 0.6) is 0 Å². The topological polar surface area (TPSA) is 38.7 Å². The lowest BCUT2D eigenvalue weighted by Gasteiger charge is -2.40. The predicted molar refractivity (Wildman–Crippen MR) is 68.8 cm³/mol. The van der Waals surface area contributed by atoms with Gasteiger partial charge in [-0.3, -0.25) is 0 Å². The first kappa shape index (κ1) is 13.0. The highest BCUT2D eigenvalue weighted by Gasteiger charge is 2.41. The number of rotatable bonds is 5. The smallest absolute Gasteiger partial charge is 0.110 e. The van der Waals surface area contributed by atoms with Gasteiger partial charge < -0.3 is 14.6 Å². The SMILES string of the molecule is CCOC1C(O)CC1OCc1cccc(Br)c1. The van der Waals surface area contributed by atoms with Gasteiger partial charge in [0, 0.05) is 17.5 Å². The van der Waals surface area contributed by atoms with Crippen LogP contribution in [0, 0.1) is 0 Å². The number of benzene rings is 1. The van der Waals surface area contributed by atoms with E-state index in [2.05, 4.69) is 15.9 Å². The Morgan fingerprint density at radius 1 is 1.41 bits per heavy atom. The molecule has 0 spiro atoms. The lowest BCUT2D eigenvalue weighted by molar-refractivity contribution is -0.194. The highest BCUT2D eigenvalue weighted by atomic mass is 79.9. The summed E-state index contributed by atoms with van der Waals surface area (Å²) in [5.74, 6) is 0. The normalized spacial score (nSPS) is 27.8. The van der Waals surface area contributed by atoms with E-state index in [0.717, 1.165) is 10.0 Å². The van der Waals surface area contributed by atoms with Gasteiger partial charge in [0.1, 0.15) is 6.10 Å². The molecule has 0 aliphatic heterocycles. The number of aliphatic hydroxyl groups is 1. The summed E-state index contributed by atoms with van der Waals surface area (Å²) >= 11 is 3.43. The standard InChI is InChI=1S/C13H17BrO3/c1-2-16-13-11(15)7-12(13)17-8-9-4-3-5-10(14)6-9/h3-6,11-13,15H,2,7-8H2,1H3. The molecule has 1 aliphatic rings. The zero-order valence-corrected chi connectivity index (χ0v) is 11.4. The molecular weight excluding hydrogens is 284 g/mol. The van der Waals surface area contributed by atoms with Crippen LogP contribution < -0.4 is 0 Å². The van der Waals surface area contributed by atoms with Gasteiger partial charge in [-0.25, -0.2) is 0 Å². The van der Waals surface area contributed by atoms with Crippen LogP contribution in [0.2, 0.25) is 0 Å². The van der Waals surface area contributed by atoms with Crippen molar-refractivity contribution in [2.75, 3.05) is 6.61 Å². The highest BCUT2D eigenvalue weighted by molar-refractivity contribution is 9.10. The summed E-state index contributed by atoms with van der Waals surface area (Å²) in [6.45, 7) is 3.09. The number of ether oxygens (including phenoxy) is 2. The number of halogens is 1. The second-order valence-corrected chi connectivity index (χ2v) is 5.12. The van der Waals surface area contributed by atoms with Gasteiger partial charge in [0.25, 0.3) is 0 Å². The van der Waals surface area contributed by atoms with Gasteiger partial charge in [-0.15, -0.1) is 0 Å². The predicted octanol–water partition coefficient (Wildman–Crippen LogP) is 2.50. The van der Waals surface area contributed by atoms with Gasteiger partial charge >= 0.3 is 0 Å². The van der Waals surface area contributed by atoms with Crippen LogP contribution in [0.25, 0.3) is 0 Å². The molecule has 0 bridgehead atoms. The molecule has 1 fully saturated rings. The average molecular weight is 301 g/mol. The van der Waals surface area contributed by atoms with E-state index in [9.17, 15) is 5.11 Å². The zero-order chi connectivity index (χ0) is 12.3. The largest absolute Gasteiger partial charge is 0.390 e. The Labute approximate surface area is 110 Å². The van der Waals surface area contributed by atoms with E-state index < -0.39 is 0 Å². The summed E-state index contributed by atoms with van der Waals surface area (Å²) in [7, 11) is 0. The molecule has 4 heteroatoms. The Hall–Kier alpha value is -0.420. The summed E-state index contributed by atoms with van der Waals surface area (Å²) in [5.41, 5.74) is 1.12. The third-order valence-electron chi connectivity index (χ3n) is 2.93. The Balaban J connectivity index is 1.82. The number of aliphatic hydroxyl groups excluding tert-OH is 1. The minimum absolute atomic E-state index is 0.0175. The Kier molecular flexibility index (Phi) is 4.56. The summed E-state index contributed by atoms with van der Waals surface area (Å²) in [5, 5.41) is 9.54. The van der Waals surface area contributed by atoms with Crippen LogP contribution in [0.4, 0.5) is 0 Å². The maximum atomic E-state index is 9.54. The Bertz CT molecular complexity index is 369. The molecule has 3 unspecified atom stereocenters. The first-order valence-corrected chi connectivity index (χ1v) is 6.65. The molecule has 0 aromatic heterocycles. The second kappa shape index (κ2) is 5.96. The maximum absolute atomic E-state index is 9.54. The molecule has 94 valence electrons. The third kappa shape index (κ3) is 3.28. The van der Waals surface area contributed by atoms with Crippen LogP contribution in [0.1, 0.15) is 18.9 Å². The van der Waals surface area contributed by atoms with E-state index in [-0.39, 0.29) is 18.3 Å². The first-order valence-electron chi connectivity index (χ1n) is 5.86. The van der Waals surface area contributed by atoms with Crippen molar-refractivity contribution in [3.8, 4) is 0 Å². The van der Waals surface area contributed by atoms with Crippen molar-refractivity contribution in [1.82, 2.24) is 0 Å². The van der Waals surface area contributed by atoms with E-state index in [0.29, 0.717) is 19.6 Å². The van der Waals surface area contributed by atoms with Crippen molar-refractivity contribution < 1.29 is 14.6 Å². The molecule has 0 radical (unpaired) electrons. The Morgan fingerprint density at radius 2 is 2.24 bits per heavy atom. The van der Waals surface area contributed by atoms with Gasteiger partial charge in [-0.2, -0.15) is 0 Å². The summed E-state index contributed by atoms with van der Waals surface area (Å²) in [4.78, 5) is 0. The van der Waals surface area contributed by atoms with Gasteiger partial charge in [0.15, 0.2) is 0 Å². The summed E-state index contributed by atoms with van der Waals surface area (Å²) in [6, 6.07) is 8.03. The maximum Gasteiger partial charge on any atom is 0.110 e. The van der Waals surface area contributed by atoms with Crippen LogP contribution in [0.15, 0.2) is 28.7 Å². The van der Waals surface area contributed by atoms with Crippen LogP contribution >= 0.6 is 15.9 Å². The fourth-order valence-corrected chi connectivity index (χ4v) is 2.41. The minimum atomic E-state index is -0.373. The van der Waals surface area contributed by atoms with E-state index in [4.69, 9.17) is 9.47 Å². The zero-order valence-electron chi connectivity index (χ0n) is 9.80. The van der Waals surface area contributed by atoms with E-state index in [1.165, 1.54) is 0 Å². The molecule has 1 aromatic rings. The number of hydrogen-bond donors (Lipinski definition) is 1. The second-order valence-electron chi connectivity index (χ2n) is 4.20. The molecule has 0 saturated heterocycles. The van der Waals surface area contributed by atoms with Crippen molar-refractivity contribution in [2.45, 2.75) is 38.3 Å². The molecule has 1 aromatic carbocycles. The first-order chi connectivity index (χ1) is 8.20. The van der Waals surface area contributed by atoms with Crippen molar-refractivity contribution in [1.29, 1.82) is 0 Å². The molecule has 17 heavy (non-hydrogen) atoms. The van der Waals surface area contributed by atoms with Crippen LogP contribution in [-0.4, -0.2) is 30.0 Å². The van der Waals surface area contributed by atoms with Crippen molar-refractivity contribution in [3.63, 3.8) is 0 Å². The number of hydrogen-bond acceptors (Lipinski definition) is 3. The third-order valence-corrected chi connectivity index (χ3v) is 3.42. The van der Waals surface area contributed by atoms with Gasteiger partial charge in [-0.1, -0.05) is 28.1 Å². The molecule has 0 heterocycles. The molecule has 3 nitrogen and oxygen atoms in total. The molecule has 2 rings (SSSR count). The van der Waals surface area contributed by atoms with Gasteiger partial charge in [-0.05, 0) is 24.6 Å². The van der Waals surface area contributed by atoms with E-state index in [1.54, 1.807) is 0 Å². The minimum Gasteiger partial charge on any atom is -0.390 e. The average Bonchev–Trinajstić information content (AvgIpc) is 2.31. The fourth-order valence-electron chi connectivity index (χ4n) is 1.96. The lowest BCUT2D eigenvalue weighted by Crippen LogP contribution is -2.53. The van der Waals surface area contributed by atoms with Gasteiger partial charge in [0.2, 0.25) is 0 Å². The molecule has 3 atom stereocenters.